The fourth-order valence-electron chi connectivity index (χ4n) is 2.85. The maximum atomic E-state index is 4.28. The van der Waals surface area contributed by atoms with E-state index in [0.717, 1.165) is 24.3 Å². The molecule has 2 aliphatic rings. The first-order chi connectivity index (χ1) is 9.69. The van der Waals surface area contributed by atoms with Gasteiger partial charge in [0.2, 0.25) is 0 Å². The lowest BCUT2D eigenvalue weighted by Gasteiger charge is -2.30. The Hall–Kier alpha value is -0.0400. The molecule has 0 aromatic rings. The number of nitrogens with one attached hydrogen (secondary N) is 2. The second kappa shape index (κ2) is 9.87. The van der Waals surface area contributed by atoms with Crippen molar-refractivity contribution in [1.82, 2.24) is 15.5 Å². The van der Waals surface area contributed by atoms with Gasteiger partial charge in [-0.2, -0.15) is 0 Å². The number of rotatable bonds is 6. The Labute approximate surface area is 147 Å². The third-order valence-electron chi connectivity index (χ3n) is 4.73. The Bertz CT molecular complexity index is 313. The Balaban J connectivity index is 0.00000220. The maximum Gasteiger partial charge on any atom is 0.191 e. The lowest BCUT2D eigenvalue weighted by molar-refractivity contribution is 0.189. The monoisotopic (exact) mass is 408 g/mol. The standard InChI is InChI=1S/C16H32N4.HI/c1-13-6-10-20(11-7-13)9-5-4-8-18-16(17-3)19-15-12-14(15)2;/h13-15H,4-12H2,1-3H3,(H2,17,18,19);1H. The van der Waals surface area contributed by atoms with Crippen LogP contribution in [-0.4, -0.2) is 50.1 Å². The van der Waals surface area contributed by atoms with E-state index in [1.54, 1.807) is 0 Å². The number of halogens is 1. The molecule has 2 rings (SSSR count). The normalized spacial score (nSPS) is 27.1. The summed E-state index contributed by atoms with van der Waals surface area (Å²) in [6, 6.07) is 0.650. The number of hydrogen-bond acceptors (Lipinski definition) is 2. The Morgan fingerprint density at radius 1 is 1.19 bits per heavy atom. The summed E-state index contributed by atoms with van der Waals surface area (Å²) in [4.78, 5) is 6.91. The van der Waals surface area contributed by atoms with E-state index in [2.05, 4.69) is 34.4 Å². The first kappa shape index (κ1) is 19.0. The van der Waals surface area contributed by atoms with Gasteiger partial charge in [0.1, 0.15) is 0 Å². The number of likely N-dealkylation sites (tertiary alicyclic amines) is 1. The molecule has 2 N–H and O–H groups in total. The molecule has 0 bridgehead atoms. The summed E-state index contributed by atoms with van der Waals surface area (Å²) in [6.45, 7) is 9.56. The van der Waals surface area contributed by atoms with Gasteiger partial charge in [-0.1, -0.05) is 13.8 Å². The number of unbranched alkanes of at least 4 members (excludes halogenated alkanes) is 1. The minimum atomic E-state index is 0. The number of piperidine rings is 1. The van der Waals surface area contributed by atoms with Gasteiger partial charge >= 0.3 is 0 Å². The van der Waals surface area contributed by atoms with Crippen molar-refractivity contribution in [3.05, 3.63) is 0 Å². The summed E-state index contributed by atoms with van der Waals surface area (Å²) < 4.78 is 0. The molecule has 0 radical (unpaired) electrons. The third kappa shape index (κ3) is 7.17. The fourth-order valence-corrected chi connectivity index (χ4v) is 2.85. The van der Waals surface area contributed by atoms with Crippen LogP contribution in [0.4, 0.5) is 0 Å². The van der Waals surface area contributed by atoms with Crippen molar-refractivity contribution >= 4 is 29.9 Å². The number of guanidine groups is 1. The highest BCUT2D eigenvalue weighted by atomic mass is 127. The van der Waals surface area contributed by atoms with Crippen LogP contribution in [0.3, 0.4) is 0 Å². The molecule has 1 aliphatic heterocycles. The first-order valence-electron chi connectivity index (χ1n) is 8.38. The van der Waals surface area contributed by atoms with E-state index >= 15 is 0 Å². The molecular formula is C16H33IN4. The Kier molecular flexibility index (Phi) is 8.94. The molecule has 0 aromatic carbocycles. The van der Waals surface area contributed by atoms with Crippen LogP contribution in [0.1, 0.15) is 46.0 Å². The minimum Gasteiger partial charge on any atom is -0.356 e. The highest BCUT2D eigenvalue weighted by Gasteiger charge is 2.33. The van der Waals surface area contributed by atoms with E-state index in [9.17, 15) is 0 Å². The zero-order valence-corrected chi connectivity index (χ0v) is 16.2. The van der Waals surface area contributed by atoms with E-state index in [4.69, 9.17) is 0 Å². The van der Waals surface area contributed by atoms with Gasteiger partial charge < -0.3 is 15.5 Å². The van der Waals surface area contributed by atoms with Crippen molar-refractivity contribution in [3.63, 3.8) is 0 Å². The van der Waals surface area contributed by atoms with Crippen LogP contribution in [0.25, 0.3) is 0 Å². The van der Waals surface area contributed by atoms with Crippen LogP contribution in [0.15, 0.2) is 4.99 Å². The van der Waals surface area contributed by atoms with Crippen LogP contribution < -0.4 is 10.6 Å². The van der Waals surface area contributed by atoms with Crippen LogP contribution in [0.5, 0.6) is 0 Å². The van der Waals surface area contributed by atoms with Crippen molar-refractivity contribution in [2.75, 3.05) is 33.2 Å². The molecule has 0 aromatic heterocycles. The molecule has 1 aliphatic carbocycles. The first-order valence-corrected chi connectivity index (χ1v) is 8.38. The van der Waals surface area contributed by atoms with Gasteiger partial charge in [-0.15, -0.1) is 24.0 Å². The molecule has 2 fully saturated rings. The van der Waals surface area contributed by atoms with Gasteiger partial charge in [-0.25, -0.2) is 0 Å². The van der Waals surface area contributed by atoms with Gasteiger partial charge in [-0.3, -0.25) is 4.99 Å². The van der Waals surface area contributed by atoms with Crippen LogP contribution >= 0.6 is 24.0 Å². The zero-order valence-electron chi connectivity index (χ0n) is 13.9. The molecule has 21 heavy (non-hydrogen) atoms. The molecule has 1 saturated carbocycles. The second-order valence-electron chi connectivity index (χ2n) is 6.69. The molecule has 124 valence electrons. The molecule has 2 unspecified atom stereocenters. The summed E-state index contributed by atoms with van der Waals surface area (Å²) in [5, 5.41) is 6.89. The van der Waals surface area contributed by atoms with E-state index in [0.29, 0.717) is 6.04 Å². The molecule has 0 spiro atoms. The second-order valence-corrected chi connectivity index (χ2v) is 6.69. The predicted molar refractivity (Wildman–Crippen MR) is 102 cm³/mol. The Morgan fingerprint density at radius 2 is 1.86 bits per heavy atom. The molecule has 4 nitrogen and oxygen atoms in total. The quantitative estimate of drug-likeness (QED) is 0.307. The van der Waals surface area contributed by atoms with Crippen LogP contribution in [-0.2, 0) is 0 Å². The summed E-state index contributed by atoms with van der Waals surface area (Å²) in [5.41, 5.74) is 0. The predicted octanol–water partition coefficient (Wildman–Crippen LogP) is 2.69. The van der Waals surface area contributed by atoms with E-state index in [1.165, 1.54) is 51.7 Å². The number of hydrogen-bond donors (Lipinski definition) is 2. The lowest BCUT2D eigenvalue weighted by atomic mass is 9.99. The summed E-state index contributed by atoms with van der Waals surface area (Å²) in [6.07, 6.45) is 6.57. The van der Waals surface area contributed by atoms with E-state index in [1.807, 2.05) is 7.05 Å². The summed E-state index contributed by atoms with van der Waals surface area (Å²) in [7, 11) is 1.86. The van der Waals surface area contributed by atoms with Gasteiger partial charge in [0.25, 0.3) is 0 Å². The van der Waals surface area contributed by atoms with Crippen molar-refractivity contribution in [3.8, 4) is 0 Å². The highest BCUT2D eigenvalue weighted by Crippen LogP contribution is 2.28. The molecule has 0 amide bonds. The lowest BCUT2D eigenvalue weighted by Crippen LogP contribution is -2.39. The molecule has 5 heteroatoms. The highest BCUT2D eigenvalue weighted by molar-refractivity contribution is 14.0. The van der Waals surface area contributed by atoms with Gasteiger partial charge in [-0.05, 0) is 63.6 Å². The molecule has 1 saturated heterocycles. The van der Waals surface area contributed by atoms with E-state index < -0.39 is 0 Å². The van der Waals surface area contributed by atoms with Gasteiger partial charge in [0, 0.05) is 19.6 Å². The van der Waals surface area contributed by atoms with Crippen LogP contribution in [0.2, 0.25) is 0 Å². The average Bonchev–Trinajstić information content (AvgIpc) is 3.14. The summed E-state index contributed by atoms with van der Waals surface area (Å²) >= 11 is 0. The number of nitrogens with zero attached hydrogens (tertiary/aromatic N) is 2. The van der Waals surface area contributed by atoms with Gasteiger partial charge in [0.15, 0.2) is 5.96 Å². The average molecular weight is 408 g/mol. The van der Waals surface area contributed by atoms with Crippen molar-refractivity contribution < 1.29 is 0 Å². The largest absolute Gasteiger partial charge is 0.356 e. The zero-order chi connectivity index (χ0) is 14.4. The van der Waals surface area contributed by atoms with Crippen molar-refractivity contribution in [2.45, 2.75) is 52.0 Å². The topological polar surface area (TPSA) is 39.7 Å². The Morgan fingerprint density at radius 3 is 2.43 bits per heavy atom. The molecular weight excluding hydrogens is 375 g/mol. The van der Waals surface area contributed by atoms with Gasteiger partial charge in [0.05, 0.1) is 0 Å². The van der Waals surface area contributed by atoms with Crippen LogP contribution in [0, 0.1) is 11.8 Å². The fraction of sp³-hybridized carbons (Fsp3) is 0.938. The SMILES string of the molecule is CN=C(NCCCCN1CCC(C)CC1)NC1CC1C.I. The molecule has 1 heterocycles. The van der Waals surface area contributed by atoms with E-state index in [-0.39, 0.29) is 24.0 Å². The van der Waals surface area contributed by atoms with Crippen molar-refractivity contribution in [1.29, 1.82) is 0 Å². The van der Waals surface area contributed by atoms with Crippen molar-refractivity contribution in [2.24, 2.45) is 16.8 Å². The minimum absolute atomic E-state index is 0. The third-order valence-corrected chi connectivity index (χ3v) is 4.73. The maximum absolute atomic E-state index is 4.28. The number of aliphatic imine (C=N–C) groups is 1. The smallest absolute Gasteiger partial charge is 0.191 e. The molecule has 2 atom stereocenters. The summed E-state index contributed by atoms with van der Waals surface area (Å²) in [5.74, 6) is 2.73.